The van der Waals surface area contributed by atoms with E-state index in [1.807, 2.05) is 55.5 Å². The number of aldehydes is 1. The molecule has 4 nitrogen and oxygen atoms in total. The Morgan fingerprint density at radius 1 is 1.08 bits per heavy atom. The summed E-state index contributed by atoms with van der Waals surface area (Å²) >= 11 is 0. The molecule has 3 rings (SSSR count). The van der Waals surface area contributed by atoms with Gasteiger partial charge in [-0.25, -0.2) is 0 Å². The summed E-state index contributed by atoms with van der Waals surface area (Å²) in [7, 11) is 0. The molecule has 0 radical (unpaired) electrons. The van der Waals surface area contributed by atoms with Crippen LogP contribution in [0.15, 0.2) is 60.7 Å². The van der Waals surface area contributed by atoms with Gasteiger partial charge < -0.3 is 10.5 Å². The van der Waals surface area contributed by atoms with Gasteiger partial charge in [0, 0.05) is 5.56 Å². The maximum atomic E-state index is 11.0. The van der Waals surface area contributed by atoms with Crippen LogP contribution in [0, 0.1) is 5.92 Å². The molecule has 4 heteroatoms. The molecule has 2 N–H and O–H groups in total. The Morgan fingerprint density at radius 3 is 2.00 bits per heavy atom. The van der Waals surface area contributed by atoms with Crippen molar-refractivity contribution in [1.82, 2.24) is 0 Å². The van der Waals surface area contributed by atoms with Crippen molar-refractivity contribution >= 4 is 12.3 Å². The Morgan fingerprint density at radius 2 is 1.64 bits per heavy atom. The number of rotatable bonds is 5. The predicted octanol–water partition coefficient (Wildman–Crippen LogP) is 3.65. The van der Waals surface area contributed by atoms with Gasteiger partial charge in [-0.15, -0.1) is 0 Å². The third kappa shape index (κ3) is 10.8. The van der Waals surface area contributed by atoms with Crippen LogP contribution in [0.2, 0.25) is 0 Å². The minimum atomic E-state index is -0.163. The van der Waals surface area contributed by atoms with E-state index in [-0.39, 0.29) is 5.97 Å². The van der Waals surface area contributed by atoms with E-state index in [9.17, 15) is 9.59 Å². The summed E-state index contributed by atoms with van der Waals surface area (Å²) < 4.78 is 4.81. The fourth-order valence-electron chi connectivity index (χ4n) is 1.86. The molecule has 0 spiro atoms. The van der Waals surface area contributed by atoms with Crippen molar-refractivity contribution in [3.8, 4) is 0 Å². The second-order valence-corrected chi connectivity index (χ2v) is 5.68. The van der Waals surface area contributed by atoms with Crippen molar-refractivity contribution in [3.05, 3.63) is 71.8 Å². The van der Waals surface area contributed by atoms with Crippen molar-refractivity contribution in [2.24, 2.45) is 11.7 Å². The van der Waals surface area contributed by atoms with Crippen molar-refractivity contribution < 1.29 is 14.3 Å². The van der Waals surface area contributed by atoms with E-state index >= 15 is 0 Å². The summed E-state index contributed by atoms with van der Waals surface area (Å²) in [6.45, 7) is 3.18. The standard InChI is InChI=1S/C10H12O2.C7H6O.C4H9N/c1-2-12-10(11)8-9-6-4-3-5-7-9;8-6-7-4-2-1-3-5-7;5-3-4-1-2-4/h3-7H,2,8H2,1H3;1-6H;4H,1-3,5H2. The second-order valence-electron chi connectivity index (χ2n) is 5.68. The number of carbonyl (C=O) groups excluding carboxylic acids is 2. The van der Waals surface area contributed by atoms with Crippen LogP contribution in [0.25, 0.3) is 0 Å². The van der Waals surface area contributed by atoms with Crippen molar-refractivity contribution in [3.63, 3.8) is 0 Å². The average molecular weight is 341 g/mol. The lowest BCUT2D eigenvalue weighted by Crippen LogP contribution is -2.06. The van der Waals surface area contributed by atoms with E-state index in [1.54, 1.807) is 12.1 Å². The van der Waals surface area contributed by atoms with Gasteiger partial charge in [0.25, 0.3) is 0 Å². The van der Waals surface area contributed by atoms with Crippen LogP contribution in [-0.2, 0) is 16.0 Å². The molecule has 0 atom stereocenters. The zero-order valence-electron chi connectivity index (χ0n) is 14.8. The maximum Gasteiger partial charge on any atom is 0.310 e. The zero-order valence-corrected chi connectivity index (χ0v) is 14.8. The van der Waals surface area contributed by atoms with E-state index in [2.05, 4.69) is 0 Å². The normalized spacial score (nSPS) is 11.9. The number of benzene rings is 2. The lowest BCUT2D eigenvalue weighted by Gasteiger charge is -2.00. The van der Waals surface area contributed by atoms with Gasteiger partial charge in [0.1, 0.15) is 6.29 Å². The first-order chi connectivity index (χ1) is 12.2. The number of hydrogen-bond acceptors (Lipinski definition) is 4. The summed E-state index contributed by atoms with van der Waals surface area (Å²) in [4.78, 5) is 21.0. The largest absolute Gasteiger partial charge is 0.466 e. The molecule has 1 saturated carbocycles. The zero-order chi connectivity index (χ0) is 18.3. The number of nitrogens with two attached hydrogens (primary N) is 1. The molecule has 2 aromatic rings. The summed E-state index contributed by atoms with van der Waals surface area (Å²) in [6.07, 6.45) is 3.97. The number of hydrogen-bond donors (Lipinski definition) is 1. The highest BCUT2D eigenvalue weighted by Gasteiger charge is 2.17. The monoisotopic (exact) mass is 341 g/mol. The minimum absolute atomic E-state index is 0.163. The molecule has 0 heterocycles. The maximum absolute atomic E-state index is 11.0. The van der Waals surface area contributed by atoms with Gasteiger partial charge in [0.05, 0.1) is 13.0 Å². The smallest absolute Gasteiger partial charge is 0.310 e. The van der Waals surface area contributed by atoms with Crippen molar-refractivity contribution in [2.45, 2.75) is 26.2 Å². The molecule has 0 bridgehead atoms. The third-order valence-electron chi connectivity index (χ3n) is 3.46. The summed E-state index contributed by atoms with van der Waals surface area (Å²) in [5.74, 6) is 0.749. The molecule has 134 valence electrons. The van der Waals surface area contributed by atoms with E-state index < -0.39 is 0 Å². The summed E-state index contributed by atoms with van der Waals surface area (Å²) in [5.41, 5.74) is 6.96. The van der Waals surface area contributed by atoms with E-state index in [1.165, 1.54) is 12.8 Å². The fourth-order valence-corrected chi connectivity index (χ4v) is 1.86. The van der Waals surface area contributed by atoms with Crippen molar-refractivity contribution in [2.75, 3.05) is 13.2 Å². The molecule has 1 aliphatic rings. The highest BCUT2D eigenvalue weighted by molar-refractivity contribution is 5.74. The molecule has 25 heavy (non-hydrogen) atoms. The predicted molar refractivity (Wildman–Crippen MR) is 100 cm³/mol. The van der Waals surface area contributed by atoms with Crippen LogP contribution < -0.4 is 5.73 Å². The molecular formula is C21H27NO3. The summed E-state index contributed by atoms with van der Waals surface area (Å²) in [5, 5.41) is 0. The van der Waals surface area contributed by atoms with Gasteiger partial charge in [-0.3, -0.25) is 9.59 Å². The molecule has 0 saturated heterocycles. The topological polar surface area (TPSA) is 69.4 Å². The quantitative estimate of drug-likeness (QED) is 0.666. The van der Waals surface area contributed by atoms with Gasteiger partial charge in [-0.1, -0.05) is 60.7 Å². The molecule has 2 aromatic carbocycles. The van der Waals surface area contributed by atoms with E-state index in [4.69, 9.17) is 10.5 Å². The van der Waals surface area contributed by atoms with E-state index in [0.29, 0.717) is 13.0 Å². The Bertz CT molecular complexity index is 595. The Balaban J connectivity index is 0.000000205. The molecule has 0 aliphatic heterocycles. The van der Waals surface area contributed by atoms with Crippen LogP contribution >= 0.6 is 0 Å². The van der Waals surface area contributed by atoms with Gasteiger partial charge in [0.15, 0.2) is 0 Å². The van der Waals surface area contributed by atoms with Gasteiger partial charge in [0.2, 0.25) is 0 Å². The molecule has 0 aromatic heterocycles. The Kier molecular flexibility index (Phi) is 10.6. The van der Waals surface area contributed by atoms with E-state index in [0.717, 1.165) is 29.9 Å². The lowest BCUT2D eigenvalue weighted by atomic mass is 10.2. The first kappa shape index (κ1) is 20.6. The average Bonchev–Trinajstić information content (AvgIpc) is 3.49. The first-order valence-corrected chi connectivity index (χ1v) is 8.59. The number of ether oxygens (including phenoxy) is 1. The highest BCUT2D eigenvalue weighted by atomic mass is 16.5. The van der Waals surface area contributed by atoms with Crippen LogP contribution in [0.1, 0.15) is 35.7 Å². The third-order valence-corrected chi connectivity index (χ3v) is 3.46. The molecule has 1 aliphatic carbocycles. The molecular weight excluding hydrogens is 314 g/mol. The Labute approximate surface area is 150 Å². The first-order valence-electron chi connectivity index (χ1n) is 8.59. The minimum Gasteiger partial charge on any atom is -0.466 e. The van der Waals surface area contributed by atoms with Crippen molar-refractivity contribution in [1.29, 1.82) is 0 Å². The summed E-state index contributed by atoms with van der Waals surface area (Å²) in [6, 6.07) is 18.7. The molecule has 0 amide bonds. The molecule has 1 fully saturated rings. The highest BCUT2D eigenvalue weighted by Crippen LogP contribution is 2.26. The van der Waals surface area contributed by atoms with Crippen LogP contribution in [0.5, 0.6) is 0 Å². The lowest BCUT2D eigenvalue weighted by molar-refractivity contribution is -0.142. The SMILES string of the molecule is CCOC(=O)Cc1ccccc1.NCC1CC1.O=Cc1ccccc1. The van der Waals surface area contributed by atoms with Gasteiger partial charge >= 0.3 is 5.97 Å². The van der Waals surface area contributed by atoms with Gasteiger partial charge in [-0.2, -0.15) is 0 Å². The Hall–Kier alpha value is -2.46. The van der Waals surface area contributed by atoms with Crippen LogP contribution in [0.4, 0.5) is 0 Å². The molecule has 0 unspecified atom stereocenters. The van der Waals surface area contributed by atoms with Gasteiger partial charge in [-0.05, 0) is 37.8 Å². The van der Waals surface area contributed by atoms with Crippen LogP contribution in [-0.4, -0.2) is 25.4 Å². The number of esters is 1. The number of carbonyl (C=O) groups is 2. The fraction of sp³-hybridized carbons (Fsp3) is 0.333. The van der Waals surface area contributed by atoms with Crippen LogP contribution in [0.3, 0.4) is 0 Å². The second kappa shape index (κ2) is 12.9.